The van der Waals surface area contributed by atoms with Gasteiger partial charge in [-0.1, -0.05) is 32.9 Å². The zero-order chi connectivity index (χ0) is 17.2. The first-order chi connectivity index (χ1) is 10.7. The fourth-order valence-corrected chi connectivity index (χ4v) is 2.09. The van der Waals surface area contributed by atoms with Gasteiger partial charge in [-0.05, 0) is 41.3 Å². The molecule has 0 saturated heterocycles. The van der Waals surface area contributed by atoms with Crippen LogP contribution in [-0.4, -0.2) is 22.1 Å². The topological polar surface area (TPSA) is 86.6 Å². The fourth-order valence-electron chi connectivity index (χ4n) is 2.09. The number of aromatic carboxylic acids is 1. The van der Waals surface area contributed by atoms with Crippen molar-refractivity contribution >= 4 is 17.6 Å². The highest BCUT2D eigenvalue weighted by atomic mass is 16.4. The molecule has 120 valence electrons. The van der Waals surface area contributed by atoms with Gasteiger partial charge in [0.2, 0.25) is 0 Å². The molecule has 0 radical (unpaired) electrons. The molecule has 0 unspecified atom stereocenters. The summed E-state index contributed by atoms with van der Waals surface area (Å²) >= 11 is 0. The van der Waals surface area contributed by atoms with E-state index in [0.29, 0.717) is 5.56 Å². The number of phenolic OH excluding ortho intramolecular Hbond substituents is 1. The van der Waals surface area contributed by atoms with Crippen LogP contribution < -0.4 is 5.32 Å². The quantitative estimate of drug-likeness (QED) is 0.755. The first-order valence-electron chi connectivity index (χ1n) is 7.16. The minimum absolute atomic E-state index is 0.0000621. The normalized spacial score (nSPS) is 11.1. The van der Waals surface area contributed by atoms with Crippen LogP contribution in [0.3, 0.4) is 0 Å². The smallest absolute Gasteiger partial charge is 0.335 e. The van der Waals surface area contributed by atoms with Crippen molar-refractivity contribution < 1.29 is 19.8 Å². The molecule has 2 rings (SSSR count). The van der Waals surface area contributed by atoms with Crippen molar-refractivity contribution in [1.82, 2.24) is 0 Å². The molecule has 0 aromatic heterocycles. The van der Waals surface area contributed by atoms with E-state index in [9.17, 15) is 14.7 Å². The van der Waals surface area contributed by atoms with Crippen LogP contribution in [0.5, 0.6) is 5.75 Å². The molecule has 0 saturated carbocycles. The lowest BCUT2D eigenvalue weighted by Gasteiger charge is -2.19. The van der Waals surface area contributed by atoms with Crippen LogP contribution in [0.25, 0.3) is 0 Å². The summed E-state index contributed by atoms with van der Waals surface area (Å²) in [4.78, 5) is 23.0. The van der Waals surface area contributed by atoms with Crippen LogP contribution >= 0.6 is 0 Å². The summed E-state index contributed by atoms with van der Waals surface area (Å²) in [7, 11) is 0. The number of carbonyl (C=O) groups is 2. The van der Waals surface area contributed by atoms with Crippen molar-refractivity contribution in [2.24, 2.45) is 0 Å². The molecule has 0 aliphatic heterocycles. The number of carboxylic acids is 1. The van der Waals surface area contributed by atoms with Gasteiger partial charge in [0.1, 0.15) is 5.75 Å². The number of hydrogen-bond acceptors (Lipinski definition) is 3. The van der Waals surface area contributed by atoms with E-state index in [1.807, 2.05) is 12.1 Å². The minimum Gasteiger partial charge on any atom is -0.506 e. The molecular formula is C18H19NO4. The Morgan fingerprint density at radius 1 is 0.957 bits per heavy atom. The highest BCUT2D eigenvalue weighted by Crippen LogP contribution is 2.26. The number of hydrogen-bond donors (Lipinski definition) is 3. The molecule has 2 aromatic carbocycles. The molecule has 23 heavy (non-hydrogen) atoms. The Hall–Kier alpha value is -2.82. The van der Waals surface area contributed by atoms with Gasteiger partial charge in [-0.25, -0.2) is 4.79 Å². The number of phenols is 1. The third-order valence-corrected chi connectivity index (χ3v) is 3.51. The van der Waals surface area contributed by atoms with Gasteiger partial charge in [0.15, 0.2) is 0 Å². The highest BCUT2D eigenvalue weighted by molar-refractivity contribution is 6.05. The standard InChI is InChI=1S/C18H19NO4/c1-18(2,3)13-7-4-11(5-8-13)16(21)19-14-9-6-12(17(22)23)10-15(14)20/h4-10,20H,1-3H3,(H,19,21)(H,22,23). The van der Waals surface area contributed by atoms with Crippen LogP contribution in [-0.2, 0) is 5.41 Å². The molecule has 0 aliphatic carbocycles. The van der Waals surface area contributed by atoms with Crippen molar-refractivity contribution in [3.63, 3.8) is 0 Å². The molecule has 5 heteroatoms. The summed E-state index contributed by atoms with van der Waals surface area (Å²) in [5.41, 5.74) is 1.69. The van der Waals surface area contributed by atoms with Gasteiger partial charge in [-0.2, -0.15) is 0 Å². The molecule has 0 heterocycles. The zero-order valence-electron chi connectivity index (χ0n) is 13.3. The third kappa shape index (κ3) is 3.88. The molecular weight excluding hydrogens is 294 g/mol. The van der Waals surface area contributed by atoms with E-state index in [1.54, 1.807) is 12.1 Å². The first-order valence-corrected chi connectivity index (χ1v) is 7.16. The van der Waals surface area contributed by atoms with Gasteiger partial charge in [-0.3, -0.25) is 4.79 Å². The molecule has 0 spiro atoms. The second-order valence-corrected chi connectivity index (χ2v) is 6.32. The maximum absolute atomic E-state index is 12.2. The van der Waals surface area contributed by atoms with Crippen LogP contribution in [0.15, 0.2) is 42.5 Å². The van der Waals surface area contributed by atoms with Crippen molar-refractivity contribution in [1.29, 1.82) is 0 Å². The average Bonchev–Trinajstić information content (AvgIpc) is 2.48. The molecule has 0 aliphatic rings. The number of anilines is 1. The summed E-state index contributed by atoms with van der Waals surface area (Å²) in [6.45, 7) is 6.26. The van der Waals surface area contributed by atoms with Crippen molar-refractivity contribution in [3.05, 3.63) is 59.2 Å². The summed E-state index contributed by atoms with van der Waals surface area (Å²) in [5.74, 6) is -1.80. The number of amides is 1. The lowest BCUT2D eigenvalue weighted by Crippen LogP contribution is -2.14. The Bertz CT molecular complexity index is 743. The van der Waals surface area contributed by atoms with E-state index in [1.165, 1.54) is 12.1 Å². The van der Waals surface area contributed by atoms with Crippen molar-refractivity contribution in [2.75, 3.05) is 5.32 Å². The van der Waals surface area contributed by atoms with Gasteiger partial charge < -0.3 is 15.5 Å². The number of rotatable bonds is 3. The average molecular weight is 313 g/mol. The summed E-state index contributed by atoms with van der Waals surface area (Å²) in [5, 5.41) is 21.2. The number of benzene rings is 2. The van der Waals surface area contributed by atoms with E-state index < -0.39 is 5.97 Å². The molecule has 0 bridgehead atoms. The fraction of sp³-hybridized carbons (Fsp3) is 0.222. The summed E-state index contributed by atoms with van der Waals surface area (Å²) in [6, 6.07) is 11.0. The predicted molar refractivity (Wildman–Crippen MR) is 88.2 cm³/mol. The maximum Gasteiger partial charge on any atom is 0.335 e. The van der Waals surface area contributed by atoms with Gasteiger partial charge in [0.25, 0.3) is 5.91 Å². The van der Waals surface area contributed by atoms with Crippen LogP contribution in [0.1, 0.15) is 47.1 Å². The van der Waals surface area contributed by atoms with Gasteiger partial charge in [0, 0.05) is 5.56 Å². The Kier molecular flexibility index (Phi) is 4.40. The van der Waals surface area contributed by atoms with E-state index in [-0.39, 0.29) is 28.3 Å². The Morgan fingerprint density at radius 3 is 2.00 bits per heavy atom. The van der Waals surface area contributed by atoms with Crippen LogP contribution in [0.2, 0.25) is 0 Å². The molecule has 3 N–H and O–H groups in total. The largest absolute Gasteiger partial charge is 0.506 e. The monoisotopic (exact) mass is 313 g/mol. The van der Waals surface area contributed by atoms with E-state index in [0.717, 1.165) is 11.6 Å². The number of nitrogens with one attached hydrogen (secondary N) is 1. The van der Waals surface area contributed by atoms with E-state index in [2.05, 4.69) is 26.1 Å². The number of carboxylic acid groups (broad SMARTS) is 1. The third-order valence-electron chi connectivity index (χ3n) is 3.51. The van der Waals surface area contributed by atoms with E-state index >= 15 is 0 Å². The Morgan fingerprint density at radius 2 is 1.52 bits per heavy atom. The van der Waals surface area contributed by atoms with Crippen LogP contribution in [0, 0.1) is 0 Å². The Labute approximate surface area is 134 Å². The predicted octanol–water partition coefficient (Wildman–Crippen LogP) is 3.64. The van der Waals surface area contributed by atoms with Crippen molar-refractivity contribution in [2.45, 2.75) is 26.2 Å². The van der Waals surface area contributed by atoms with Gasteiger partial charge in [-0.15, -0.1) is 0 Å². The second kappa shape index (κ2) is 6.12. The maximum atomic E-state index is 12.2. The molecule has 1 amide bonds. The first kappa shape index (κ1) is 16.5. The summed E-state index contributed by atoms with van der Waals surface area (Å²) < 4.78 is 0. The van der Waals surface area contributed by atoms with E-state index in [4.69, 9.17) is 5.11 Å². The highest BCUT2D eigenvalue weighted by Gasteiger charge is 2.15. The Balaban J connectivity index is 2.17. The SMILES string of the molecule is CC(C)(C)c1ccc(C(=O)Nc2ccc(C(=O)O)cc2O)cc1. The second-order valence-electron chi connectivity index (χ2n) is 6.32. The molecule has 0 atom stereocenters. The van der Waals surface area contributed by atoms with Gasteiger partial charge in [0.05, 0.1) is 11.3 Å². The summed E-state index contributed by atoms with van der Waals surface area (Å²) in [6.07, 6.45) is 0. The minimum atomic E-state index is -1.14. The molecule has 5 nitrogen and oxygen atoms in total. The molecule has 2 aromatic rings. The lowest BCUT2D eigenvalue weighted by molar-refractivity contribution is 0.0696. The van der Waals surface area contributed by atoms with Gasteiger partial charge >= 0.3 is 5.97 Å². The number of carbonyl (C=O) groups excluding carboxylic acids is 1. The zero-order valence-corrected chi connectivity index (χ0v) is 13.3. The number of aromatic hydroxyl groups is 1. The lowest BCUT2D eigenvalue weighted by atomic mass is 9.87. The van der Waals surface area contributed by atoms with Crippen molar-refractivity contribution in [3.8, 4) is 5.75 Å². The molecule has 0 fully saturated rings. The van der Waals surface area contributed by atoms with Crippen LogP contribution in [0.4, 0.5) is 5.69 Å².